The van der Waals surface area contributed by atoms with Gasteiger partial charge in [0.1, 0.15) is 5.75 Å². The van der Waals surface area contributed by atoms with Crippen molar-refractivity contribution >= 4 is 12.0 Å². The van der Waals surface area contributed by atoms with Gasteiger partial charge >= 0.3 is 0 Å². The first-order valence-electron chi connectivity index (χ1n) is 7.58. The lowest BCUT2D eigenvalue weighted by Crippen LogP contribution is -2.30. The van der Waals surface area contributed by atoms with Gasteiger partial charge in [0, 0.05) is 19.2 Å². The summed E-state index contributed by atoms with van der Waals surface area (Å²) in [5, 5.41) is 2.86. The van der Waals surface area contributed by atoms with Crippen LogP contribution >= 0.6 is 0 Å². The predicted octanol–water partition coefficient (Wildman–Crippen LogP) is 2.78. The zero-order valence-corrected chi connectivity index (χ0v) is 12.5. The van der Waals surface area contributed by atoms with Crippen molar-refractivity contribution in [3.63, 3.8) is 0 Å². The van der Waals surface area contributed by atoms with Crippen molar-refractivity contribution < 1.29 is 14.3 Å². The quantitative estimate of drug-likeness (QED) is 0.785. The van der Waals surface area contributed by atoms with Gasteiger partial charge in [0.2, 0.25) is 5.91 Å². The molecule has 0 aromatic heterocycles. The van der Waals surface area contributed by atoms with Crippen molar-refractivity contribution in [2.45, 2.75) is 32.3 Å². The summed E-state index contributed by atoms with van der Waals surface area (Å²) in [7, 11) is 0. The molecule has 0 bridgehead atoms. The highest BCUT2D eigenvalue weighted by atomic mass is 16.5. The van der Waals surface area contributed by atoms with E-state index in [1.165, 1.54) is 0 Å². The van der Waals surface area contributed by atoms with Crippen LogP contribution in [0.5, 0.6) is 5.75 Å². The molecule has 1 N–H and O–H groups in total. The Hall–Kier alpha value is -1.81. The van der Waals surface area contributed by atoms with Crippen LogP contribution in [-0.4, -0.2) is 31.8 Å². The molecule has 1 aliphatic rings. The fourth-order valence-electron chi connectivity index (χ4n) is 2.15. The lowest BCUT2D eigenvalue weighted by Gasteiger charge is -2.08. The molecule has 1 atom stereocenters. The number of rotatable bonds is 7. The third kappa shape index (κ3) is 5.60. The van der Waals surface area contributed by atoms with E-state index in [9.17, 15) is 4.79 Å². The van der Waals surface area contributed by atoms with Crippen LogP contribution in [0.4, 0.5) is 0 Å². The van der Waals surface area contributed by atoms with Crippen molar-refractivity contribution in [3.8, 4) is 5.75 Å². The molecule has 1 aromatic rings. The molecule has 4 heteroatoms. The molecule has 21 heavy (non-hydrogen) atoms. The summed E-state index contributed by atoms with van der Waals surface area (Å²) in [6, 6.07) is 7.71. The first-order chi connectivity index (χ1) is 10.3. The molecule has 1 fully saturated rings. The van der Waals surface area contributed by atoms with Gasteiger partial charge in [-0.25, -0.2) is 0 Å². The summed E-state index contributed by atoms with van der Waals surface area (Å²) in [4.78, 5) is 11.7. The number of nitrogens with one attached hydrogen (secondary N) is 1. The smallest absolute Gasteiger partial charge is 0.244 e. The first-order valence-corrected chi connectivity index (χ1v) is 7.58. The Morgan fingerprint density at radius 1 is 1.43 bits per heavy atom. The van der Waals surface area contributed by atoms with Gasteiger partial charge in [-0.2, -0.15) is 0 Å². The highest BCUT2D eigenvalue weighted by Gasteiger charge is 2.15. The summed E-state index contributed by atoms with van der Waals surface area (Å²) in [5.74, 6) is 0.772. The molecule has 1 saturated heterocycles. The fraction of sp³-hybridized carbons (Fsp3) is 0.471. The van der Waals surface area contributed by atoms with Crippen molar-refractivity contribution in [2.75, 3.05) is 19.8 Å². The van der Waals surface area contributed by atoms with Crippen molar-refractivity contribution in [1.82, 2.24) is 5.32 Å². The number of benzene rings is 1. The minimum atomic E-state index is -0.0863. The second-order valence-corrected chi connectivity index (χ2v) is 5.13. The van der Waals surface area contributed by atoms with Crippen molar-refractivity contribution in [2.24, 2.45) is 0 Å². The third-order valence-corrected chi connectivity index (χ3v) is 3.31. The molecule has 0 aliphatic carbocycles. The Morgan fingerprint density at radius 2 is 2.24 bits per heavy atom. The zero-order valence-electron chi connectivity index (χ0n) is 12.5. The number of carbonyl (C=O) groups excluding carboxylic acids is 1. The minimum absolute atomic E-state index is 0.0863. The fourth-order valence-corrected chi connectivity index (χ4v) is 2.15. The number of amides is 1. The third-order valence-electron chi connectivity index (χ3n) is 3.31. The highest BCUT2D eigenvalue weighted by molar-refractivity contribution is 5.91. The van der Waals surface area contributed by atoms with E-state index < -0.39 is 0 Å². The Bertz CT molecular complexity index is 461. The van der Waals surface area contributed by atoms with Crippen LogP contribution in [0.25, 0.3) is 6.08 Å². The number of hydrogen-bond acceptors (Lipinski definition) is 3. The van der Waals surface area contributed by atoms with Crippen LogP contribution in [0.2, 0.25) is 0 Å². The second-order valence-electron chi connectivity index (χ2n) is 5.13. The molecule has 0 radical (unpaired) electrons. The average Bonchev–Trinajstić information content (AvgIpc) is 3.03. The van der Waals surface area contributed by atoms with Gasteiger partial charge in [-0.3, -0.25) is 4.79 Å². The maximum absolute atomic E-state index is 11.7. The molecule has 1 heterocycles. The molecular formula is C17H23NO3. The molecule has 0 unspecified atom stereocenters. The standard InChI is InChI=1S/C17H23NO3/c1-2-11-20-15-8-5-14(6-9-15)7-10-17(19)18-13-16-4-3-12-21-16/h5-10,16H,2-4,11-13H2,1H3,(H,18,19)/b10-7-/t16-/m1/s1. The Balaban J connectivity index is 1.75. The largest absolute Gasteiger partial charge is 0.494 e. The normalized spacial score (nSPS) is 18.0. The van der Waals surface area contributed by atoms with Crippen LogP contribution < -0.4 is 10.1 Å². The van der Waals surface area contributed by atoms with E-state index in [0.717, 1.165) is 43.8 Å². The minimum Gasteiger partial charge on any atom is -0.494 e. The van der Waals surface area contributed by atoms with Gasteiger partial charge in [-0.1, -0.05) is 19.1 Å². The molecule has 1 aromatic carbocycles. The topological polar surface area (TPSA) is 47.6 Å². The monoisotopic (exact) mass is 289 g/mol. The highest BCUT2D eigenvalue weighted by Crippen LogP contribution is 2.13. The van der Waals surface area contributed by atoms with Crippen LogP contribution in [0.15, 0.2) is 30.3 Å². The molecule has 1 aliphatic heterocycles. The van der Waals surface area contributed by atoms with Gasteiger partial charge in [0.15, 0.2) is 0 Å². The van der Waals surface area contributed by atoms with E-state index in [0.29, 0.717) is 6.54 Å². The Kier molecular flexibility index (Phi) is 6.28. The second kappa shape index (κ2) is 8.47. The van der Waals surface area contributed by atoms with E-state index in [2.05, 4.69) is 12.2 Å². The van der Waals surface area contributed by atoms with E-state index >= 15 is 0 Å². The van der Waals surface area contributed by atoms with Gasteiger partial charge in [0.25, 0.3) is 0 Å². The predicted molar refractivity (Wildman–Crippen MR) is 83.2 cm³/mol. The lowest BCUT2D eigenvalue weighted by molar-refractivity contribution is -0.116. The van der Waals surface area contributed by atoms with Crippen LogP contribution in [0.1, 0.15) is 31.7 Å². The molecular weight excluding hydrogens is 266 g/mol. The number of hydrogen-bond donors (Lipinski definition) is 1. The summed E-state index contributed by atoms with van der Waals surface area (Å²) < 4.78 is 11.0. The molecule has 0 spiro atoms. The average molecular weight is 289 g/mol. The van der Waals surface area contributed by atoms with Crippen molar-refractivity contribution in [1.29, 1.82) is 0 Å². The van der Waals surface area contributed by atoms with Crippen LogP contribution in [-0.2, 0) is 9.53 Å². The van der Waals surface area contributed by atoms with E-state index in [1.54, 1.807) is 12.2 Å². The van der Waals surface area contributed by atoms with Gasteiger partial charge in [-0.05, 0) is 43.0 Å². The maximum atomic E-state index is 11.7. The molecule has 0 saturated carbocycles. The summed E-state index contributed by atoms with van der Waals surface area (Å²) in [6.45, 7) is 4.20. The Morgan fingerprint density at radius 3 is 2.90 bits per heavy atom. The molecule has 2 rings (SSSR count). The number of carbonyl (C=O) groups is 1. The Labute approximate surface area is 126 Å². The SMILES string of the molecule is CCCOc1ccc(/C=C\C(=O)NC[C@H]2CCCO2)cc1. The van der Waals surface area contributed by atoms with Crippen LogP contribution in [0, 0.1) is 0 Å². The summed E-state index contributed by atoms with van der Waals surface area (Å²) in [6.07, 6.45) is 6.64. The van der Waals surface area contributed by atoms with E-state index in [4.69, 9.17) is 9.47 Å². The molecule has 4 nitrogen and oxygen atoms in total. The first kappa shape index (κ1) is 15.6. The lowest BCUT2D eigenvalue weighted by atomic mass is 10.2. The van der Waals surface area contributed by atoms with Crippen LogP contribution in [0.3, 0.4) is 0 Å². The maximum Gasteiger partial charge on any atom is 0.244 e. The van der Waals surface area contributed by atoms with E-state index in [-0.39, 0.29) is 12.0 Å². The number of ether oxygens (including phenoxy) is 2. The van der Waals surface area contributed by atoms with Crippen molar-refractivity contribution in [3.05, 3.63) is 35.9 Å². The van der Waals surface area contributed by atoms with Gasteiger partial charge in [0.05, 0.1) is 12.7 Å². The zero-order chi connectivity index (χ0) is 14.9. The molecule has 114 valence electrons. The van der Waals surface area contributed by atoms with Gasteiger partial charge < -0.3 is 14.8 Å². The molecule has 1 amide bonds. The summed E-state index contributed by atoms with van der Waals surface area (Å²) >= 11 is 0. The van der Waals surface area contributed by atoms with Gasteiger partial charge in [-0.15, -0.1) is 0 Å². The van der Waals surface area contributed by atoms with E-state index in [1.807, 2.05) is 24.3 Å². The summed E-state index contributed by atoms with van der Waals surface area (Å²) in [5.41, 5.74) is 0.978.